The smallest absolute Gasteiger partial charge is 0.0517 e. The standard InChI is InChI=1S/C18H24O/c1-12(2)15-9-10-16(13(3)11-14(4)19)18-8-6-5-7-17(15)18/h5-10,12-14,19H,11H2,1-4H3/t13-,14+/m0/s1. The Morgan fingerprint density at radius 2 is 1.37 bits per heavy atom. The minimum atomic E-state index is -0.251. The van der Waals surface area contributed by atoms with Crippen molar-refractivity contribution >= 4 is 10.8 Å². The van der Waals surface area contributed by atoms with Crippen LogP contribution in [0.4, 0.5) is 0 Å². The molecule has 2 aromatic rings. The summed E-state index contributed by atoms with van der Waals surface area (Å²) in [5, 5.41) is 12.3. The van der Waals surface area contributed by atoms with E-state index in [4.69, 9.17) is 0 Å². The number of fused-ring (bicyclic) bond motifs is 1. The van der Waals surface area contributed by atoms with E-state index in [9.17, 15) is 5.11 Å². The van der Waals surface area contributed by atoms with Crippen molar-refractivity contribution in [2.45, 2.75) is 52.1 Å². The summed E-state index contributed by atoms with van der Waals surface area (Å²) in [4.78, 5) is 0. The number of hydrogen-bond donors (Lipinski definition) is 1. The van der Waals surface area contributed by atoms with Crippen LogP contribution >= 0.6 is 0 Å². The predicted octanol–water partition coefficient (Wildman–Crippen LogP) is 4.84. The topological polar surface area (TPSA) is 20.2 Å². The zero-order valence-corrected chi connectivity index (χ0v) is 12.4. The van der Waals surface area contributed by atoms with Gasteiger partial charge in [0.25, 0.3) is 0 Å². The van der Waals surface area contributed by atoms with Crippen molar-refractivity contribution in [1.29, 1.82) is 0 Å². The highest BCUT2D eigenvalue weighted by molar-refractivity contribution is 5.89. The lowest BCUT2D eigenvalue weighted by atomic mass is 9.87. The van der Waals surface area contributed by atoms with E-state index in [1.54, 1.807) is 0 Å². The van der Waals surface area contributed by atoms with E-state index < -0.39 is 0 Å². The van der Waals surface area contributed by atoms with Crippen LogP contribution in [0.3, 0.4) is 0 Å². The van der Waals surface area contributed by atoms with Crippen LogP contribution in [-0.4, -0.2) is 11.2 Å². The minimum absolute atomic E-state index is 0.251. The van der Waals surface area contributed by atoms with Crippen LogP contribution in [0.2, 0.25) is 0 Å². The maximum absolute atomic E-state index is 9.60. The first kappa shape index (κ1) is 14.1. The van der Waals surface area contributed by atoms with Crippen molar-refractivity contribution in [2.75, 3.05) is 0 Å². The molecule has 0 aliphatic carbocycles. The molecule has 19 heavy (non-hydrogen) atoms. The average molecular weight is 256 g/mol. The molecule has 2 aromatic carbocycles. The van der Waals surface area contributed by atoms with Gasteiger partial charge < -0.3 is 5.11 Å². The van der Waals surface area contributed by atoms with Gasteiger partial charge in [0.1, 0.15) is 0 Å². The molecule has 1 nitrogen and oxygen atoms in total. The molecule has 0 heterocycles. The molecular formula is C18H24O. The van der Waals surface area contributed by atoms with Gasteiger partial charge in [-0.1, -0.05) is 57.2 Å². The van der Waals surface area contributed by atoms with Gasteiger partial charge in [0.05, 0.1) is 6.10 Å². The largest absolute Gasteiger partial charge is 0.393 e. The van der Waals surface area contributed by atoms with Crippen molar-refractivity contribution in [3.05, 3.63) is 47.5 Å². The van der Waals surface area contributed by atoms with E-state index in [-0.39, 0.29) is 6.10 Å². The molecule has 0 bridgehead atoms. The lowest BCUT2D eigenvalue weighted by Crippen LogP contribution is -2.06. The molecule has 0 radical (unpaired) electrons. The molecule has 0 unspecified atom stereocenters. The third-order valence-electron chi connectivity index (χ3n) is 3.84. The monoisotopic (exact) mass is 256 g/mol. The fraction of sp³-hybridized carbons (Fsp3) is 0.444. The van der Waals surface area contributed by atoms with Crippen LogP contribution in [0.15, 0.2) is 36.4 Å². The van der Waals surface area contributed by atoms with E-state index in [2.05, 4.69) is 57.2 Å². The van der Waals surface area contributed by atoms with Gasteiger partial charge in [-0.25, -0.2) is 0 Å². The molecule has 102 valence electrons. The van der Waals surface area contributed by atoms with Gasteiger partial charge in [0, 0.05) is 0 Å². The van der Waals surface area contributed by atoms with Gasteiger partial charge in [-0.3, -0.25) is 0 Å². The van der Waals surface area contributed by atoms with Crippen molar-refractivity contribution in [3.63, 3.8) is 0 Å². The number of hydrogen-bond acceptors (Lipinski definition) is 1. The molecule has 0 spiro atoms. The third kappa shape index (κ3) is 2.98. The van der Waals surface area contributed by atoms with Crippen molar-refractivity contribution in [1.82, 2.24) is 0 Å². The van der Waals surface area contributed by atoms with E-state index in [0.29, 0.717) is 11.8 Å². The number of aliphatic hydroxyl groups is 1. The van der Waals surface area contributed by atoms with E-state index in [1.165, 1.54) is 21.9 Å². The fourth-order valence-corrected chi connectivity index (χ4v) is 2.92. The first-order valence-corrected chi connectivity index (χ1v) is 7.20. The molecule has 0 aliphatic rings. The van der Waals surface area contributed by atoms with Crippen LogP contribution < -0.4 is 0 Å². The van der Waals surface area contributed by atoms with Crippen molar-refractivity contribution in [3.8, 4) is 0 Å². The Kier molecular flexibility index (Phi) is 4.26. The van der Waals surface area contributed by atoms with Gasteiger partial charge in [0.2, 0.25) is 0 Å². The maximum atomic E-state index is 9.60. The molecule has 0 aliphatic heterocycles. The Hall–Kier alpha value is -1.34. The third-order valence-corrected chi connectivity index (χ3v) is 3.84. The van der Waals surface area contributed by atoms with E-state index in [1.807, 2.05) is 6.92 Å². The lowest BCUT2D eigenvalue weighted by molar-refractivity contribution is 0.177. The zero-order valence-electron chi connectivity index (χ0n) is 12.4. The molecule has 2 rings (SSSR count). The second-order valence-corrected chi connectivity index (χ2v) is 5.93. The van der Waals surface area contributed by atoms with Crippen LogP contribution in [0, 0.1) is 0 Å². The van der Waals surface area contributed by atoms with Crippen LogP contribution in [0.5, 0.6) is 0 Å². The second-order valence-electron chi connectivity index (χ2n) is 5.93. The number of benzene rings is 2. The lowest BCUT2D eigenvalue weighted by Gasteiger charge is -2.19. The Labute approximate surface area is 116 Å². The van der Waals surface area contributed by atoms with Gasteiger partial charge >= 0.3 is 0 Å². The van der Waals surface area contributed by atoms with Crippen molar-refractivity contribution in [2.24, 2.45) is 0 Å². The Morgan fingerprint density at radius 3 is 1.89 bits per heavy atom. The summed E-state index contributed by atoms with van der Waals surface area (Å²) in [6.07, 6.45) is 0.559. The molecule has 0 saturated carbocycles. The second kappa shape index (κ2) is 5.75. The highest BCUT2D eigenvalue weighted by Crippen LogP contribution is 2.33. The predicted molar refractivity (Wildman–Crippen MR) is 82.7 cm³/mol. The SMILES string of the molecule is CC(C)c1ccc([C@@H](C)C[C@@H](C)O)c2ccccc12. The van der Waals surface area contributed by atoms with Gasteiger partial charge in [-0.05, 0) is 47.1 Å². The van der Waals surface area contributed by atoms with Crippen LogP contribution in [0.1, 0.15) is 57.1 Å². The average Bonchev–Trinajstić information content (AvgIpc) is 2.36. The summed E-state index contributed by atoms with van der Waals surface area (Å²) in [5.74, 6) is 0.914. The molecule has 0 aromatic heterocycles. The first-order chi connectivity index (χ1) is 9.00. The Morgan fingerprint density at radius 1 is 0.842 bits per heavy atom. The van der Waals surface area contributed by atoms with E-state index in [0.717, 1.165) is 6.42 Å². The molecule has 1 N–H and O–H groups in total. The normalized spacial score (nSPS) is 14.8. The molecule has 1 heteroatoms. The van der Waals surface area contributed by atoms with Gasteiger partial charge in [0.15, 0.2) is 0 Å². The maximum Gasteiger partial charge on any atom is 0.0517 e. The number of aliphatic hydroxyl groups excluding tert-OH is 1. The van der Waals surface area contributed by atoms with Gasteiger partial charge in [-0.2, -0.15) is 0 Å². The van der Waals surface area contributed by atoms with Crippen LogP contribution in [0.25, 0.3) is 10.8 Å². The summed E-state index contributed by atoms with van der Waals surface area (Å²) < 4.78 is 0. The highest BCUT2D eigenvalue weighted by Gasteiger charge is 2.14. The highest BCUT2D eigenvalue weighted by atomic mass is 16.3. The molecule has 0 saturated heterocycles. The summed E-state index contributed by atoms with van der Waals surface area (Å²) in [6, 6.07) is 13.1. The molecule has 0 amide bonds. The van der Waals surface area contributed by atoms with E-state index >= 15 is 0 Å². The Bertz CT molecular complexity index is 555. The summed E-state index contributed by atoms with van der Waals surface area (Å²) >= 11 is 0. The van der Waals surface area contributed by atoms with Crippen molar-refractivity contribution < 1.29 is 5.11 Å². The molecular weight excluding hydrogens is 232 g/mol. The van der Waals surface area contributed by atoms with Gasteiger partial charge in [-0.15, -0.1) is 0 Å². The zero-order chi connectivity index (χ0) is 14.0. The summed E-state index contributed by atoms with van der Waals surface area (Å²) in [7, 11) is 0. The summed E-state index contributed by atoms with van der Waals surface area (Å²) in [5.41, 5.74) is 2.75. The molecule has 0 fully saturated rings. The first-order valence-electron chi connectivity index (χ1n) is 7.20. The number of rotatable bonds is 4. The van der Waals surface area contributed by atoms with Crippen LogP contribution in [-0.2, 0) is 0 Å². The minimum Gasteiger partial charge on any atom is -0.393 e. The molecule has 2 atom stereocenters. The Balaban J connectivity index is 2.55. The quantitative estimate of drug-likeness (QED) is 0.830. The summed E-state index contributed by atoms with van der Waals surface area (Å²) in [6.45, 7) is 8.53. The fourth-order valence-electron chi connectivity index (χ4n) is 2.92.